The molecule has 0 saturated carbocycles. The Balaban J connectivity index is 2.43. The number of anilines is 2. The molecule has 0 aromatic heterocycles. The summed E-state index contributed by atoms with van der Waals surface area (Å²) in [6.45, 7) is 2.39. The molecule has 1 atom stereocenters. The van der Waals surface area contributed by atoms with Gasteiger partial charge >= 0.3 is 0 Å². The van der Waals surface area contributed by atoms with Crippen LogP contribution in [0, 0.1) is 0 Å². The first-order valence-corrected chi connectivity index (χ1v) is 8.30. The molecule has 1 unspecified atom stereocenters. The molecule has 0 bridgehead atoms. The quantitative estimate of drug-likeness (QED) is 0.826. The molecular formula is C14H21N3O3S. The maximum atomic E-state index is 12.8. The van der Waals surface area contributed by atoms with Crippen LogP contribution in [0.25, 0.3) is 0 Å². The highest BCUT2D eigenvalue weighted by Gasteiger charge is 2.37. The number of amides is 1. The fraction of sp³-hybridized carbons (Fsp3) is 0.500. The van der Waals surface area contributed by atoms with Crippen molar-refractivity contribution in [3.8, 4) is 0 Å². The zero-order valence-corrected chi connectivity index (χ0v) is 13.6. The molecule has 0 aliphatic carbocycles. The normalized spacial score (nSPS) is 16.4. The van der Waals surface area contributed by atoms with E-state index in [2.05, 4.69) is 0 Å². The van der Waals surface area contributed by atoms with Crippen molar-refractivity contribution in [1.29, 1.82) is 0 Å². The van der Waals surface area contributed by atoms with Gasteiger partial charge in [0.2, 0.25) is 15.9 Å². The monoisotopic (exact) mass is 311 g/mol. The minimum atomic E-state index is -3.73. The minimum absolute atomic E-state index is 0.348. The van der Waals surface area contributed by atoms with Gasteiger partial charge < -0.3 is 9.80 Å². The van der Waals surface area contributed by atoms with Crippen LogP contribution in [-0.2, 0) is 14.8 Å². The lowest BCUT2D eigenvalue weighted by Crippen LogP contribution is -2.49. The summed E-state index contributed by atoms with van der Waals surface area (Å²) in [5.41, 5.74) is 1.49. The number of hydrogen-bond donors (Lipinski definition) is 0. The number of hydrogen-bond acceptors (Lipinski definition) is 4. The lowest BCUT2D eigenvalue weighted by atomic mass is 10.2. The Kier molecular flexibility index (Phi) is 4.13. The molecule has 0 spiro atoms. The Bertz CT molecular complexity index is 643. The number of nitrogens with zero attached hydrogens (tertiary/aromatic N) is 3. The van der Waals surface area contributed by atoms with Crippen LogP contribution in [0.1, 0.15) is 6.92 Å². The van der Waals surface area contributed by atoms with E-state index in [4.69, 9.17) is 0 Å². The third kappa shape index (κ3) is 2.70. The summed E-state index contributed by atoms with van der Waals surface area (Å²) >= 11 is 0. The van der Waals surface area contributed by atoms with Gasteiger partial charge in [0.05, 0.1) is 17.9 Å². The van der Waals surface area contributed by atoms with Crippen LogP contribution < -0.4 is 9.21 Å². The number of benzene rings is 1. The Morgan fingerprint density at radius 3 is 2.33 bits per heavy atom. The molecule has 116 valence electrons. The van der Waals surface area contributed by atoms with Crippen molar-refractivity contribution in [3.05, 3.63) is 24.3 Å². The molecule has 0 saturated heterocycles. The van der Waals surface area contributed by atoms with Crippen LogP contribution in [0.2, 0.25) is 0 Å². The summed E-state index contributed by atoms with van der Waals surface area (Å²) in [6, 6.07) is 7.34. The summed E-state index contributed by atoms with van der Waals surface area (Å²) in [4.78, 5) is 15.3. The Labute approximate surface area is 126 Å². The van der Waals surface area contributed by atoms with Gasteiger partial charge in [0.15, 0.2) is 5.25 Å². The molecule has 6 nitrogen and oxygen atoms in total. The maximum Gasteiger partial charge on any atom is 0.247 e. The molecule has 0 fully saturated rings. The van der Waals surface area contributed by atoms with Gasteiger partial charge in [-0.05, 0) is 19.1 Å². The van der Waals surface area contributed by atoms with Crippen molar-refractivity contribution < 1.29 is 13.2 Å². The van der Waals surface area contributed by atoms with E-state index in [1.54, 1.807) is 26.2 Å². The van der Waals surface area contributed by atoms with Crippen LogP contribution in [0.15, 0.2) is 24.3 Å². The molecule has 1 aromatic carbocycles. The van der Waals surface area contributed by atoms with Crippen LogP contribution >= 0.6 is 0 Å². The van der Waals surface area contributed by atoms with Gasteiger partial charge in [0.1, 0.15) is 0 Å². The smallest absolute Gasteiger partial charge is 0.247 e. The van der Waals surface area contributed by atoms with Crippen molar-refractivity contribution in [2.24, 2.45) is 0 Å². The van der Waals surface area contributed by atoms with Gasteiger partial charge in [-0.25, -0.2) is 8.42 Å². The highest BCUT2D eigenvalue weighted by Crippen LogP contribution is 2.34. The zero-order chi connectivity index (χ0) is 15.8. The van der Waals surface area contributed by atoms with E-state index >= 15 is 0 Å². The van der Waals surface area contributed by atoms with Crippen LogP contribution in [0.3, 0.4) is 0 Å². The zero-order valence-electron chi connectivity index (χ0n) is 12.8. The number of carbonyl (C=O) groups excluding carboxylic acids is 1. The van der Waals surface area contributed by atoms with Gasteiger partial charge in [-0.3, -0.25) is 9.10 Å². The van der Waals surface area contributed by atoms with Gasteiger partial charge in [-0.2, -0.15) is 0 Å². The Hall–Kier alpha value is -1.76. The first-order valence-electron chi connectivity index (χ1n) is 6.79. The molecule has 1 aliphatic rings. The molecule has 21 heavy (non-hydrogen) atoms. The van der Waals surface area contributed by atoms with Gasteiger partial charge in [-0.15, -0.1) is 0 Å². The van der Waals surface area contributed by atoms with Crippen molar-refractivity contribution in [3.63, 3.8) is 0 Å². The third-order valence-corrected chi connectivity index (χ3v) is 5.83. The molecule has 1 heterocycles. The second-order valence-electron chi connectivity index (χ2n) is 5.40. The Morgan fingerprint density at radius 1 is 1.19 bits per heavy atom. The average molecular weight is 311 g/mol. The molecular weight excluding hydrogens is 290 g/mol. The van der Waals surface area contributed by atoms with Crippen molar-refractivity contribution in [2.45, 2.75) is 12.2 Å². The van der Waals surface area contributed by atoms with Gasteiger partial charge in [0.25, 0.3) is 0 Å². The topological polar surface area (TPSA) is 60.9 Å². The fourth-order valence-electron chi connectivity index (χ4n) is 2.43. The van der Waals surface area contributed by atoms with E-state index in [1.165, 1.54) is 16.1 Å². The number of rotatable bonds is 3. The summed E-state index contributed by atoms with van der Waals surface area (Å²) in [7, 11) is 1.32. The SMILES string of the molecule is CC(C(=O)N(C)C)S(=O)(=O)N1CCN(C)c2ccccc21. The van der Waals surface area contributed by atoms with E-state index < -0.39 is 21.2 Å². The van der Waals surface area contributed by atoms with E-state index in [-0.39, 0.29) is 0 Å². The second-order valence-corrected chi connectivity index (χ2v) is 7.58. The number of fused-ring (bicyclic) bond motifs is 1. The number of para-hydroxylation sites is 2. The summed E-state index contributed by atoms with van der Waals surface area (Å²) in [5, 5.41) is -1.09. The Morgan fingerprint density at radius 2 is 1.76 bits per heavy atom. The third-order valence-electron chi connectivity index (χ3n) is 3.74. The fourth-order valence-corrected chi connectivity index (χ4v) is 4.04. The molecule has 2 rings (SSSR count). The van der Waals surface area contributed by atoms with E-state index in [0.717, 1.165) is 5.69 Å². The average Bonchev–Trinajstić information content (AvgIpc) is 2.45. The van der Waals surface area contributed by atoms with Crippen LogP contribution in [0.5, 0.6) is 0 Å². The molecule has 1 amide bonds. The first kappa shape index (κ1) is 15.6. The van der Waals surface area contributed by atoms with Crippen molar-refractivity contribution >= 4 is 27.3 Å². The highest BCUT2D eigenvalue weighted by molar-refractivity contribution is 7.94. The first-order chi connectivity index (χ1) is 9.76. The predicted molar refractivity (Wildman–Crippen MR) is 84.1 cm³/mol. The summed E-state index contributed by atoms with van der Waals surface area (Å²) < 4.78 is 26.9. The van der Waals surface area contributed by atoms with Crippen LogP contribution in [-0.4, -0.2) is 58.7 Å². The number of carbonyl (C=O) groups is 1. The highest BCUT2D eigenvalue weighted by atomic mass is 32.2. The van der Waals surface area contributed by atoms with Crippen molar-refractivity contribution in [1.82, 2.24) is 4.90 Å². The molecule has 7 heteroatoms. The van der Waals surface area contributed by atoms with E-state index in [0.29, 0.717) is 18.8 Å². The largest absolute Gasteiger partial charge is 0.371 e. The standard InChI is InChI=1S/C14H21N3O3S/c1-11(14(18)15(2)3)21(19,20)17-10-9-16(4)12-7-5-6-8-13(12)17/h5-8,11H,9-10H2,1-4H3. The van der Waals surface area contributed by atoms with E-state index in [1.807, 2.05) is 24.1 Å². The molecule has 0 N–H and O–H groups in total. The van der Waals surface area contributed by atoms with E-state index in [9.17, 15) is 13.2 Å². The maximum absolute atomic E-state index is 12.8. The molecule has 0 radical (unpaired) electrons. The van der Waals surface area contributed by atoms with Crippen LogP contribution in [0.4, 0.5) is 11.4 Å². The summed E-state index contributed by atoms with van der Waals surface area (Å²) in [5.74, 6) is -0.411. The minimum Gasteiger partial charge on any atom is -0.371 e. The van der Waals surface area contributed by atoms with Gasteiger partial charge in [0, 0.05) is 27.7 Å². The lowest BCUT2D eigenvalue weighted by molar-refractivity contribution is -0.127. The molecule has 1 aromatic rings. The van der Waals surface area contributed by atoms with Crippen molar-refractivity contribution in [2.75, 3.05) is 43.4 Å². The number of sulfonamides is 1. The molecule has 1 aliphatic heterocycles. The predicted octanol–water partition coefficient (Wildman–Crippen LogP) is 0.749. The lowest BCUT2D eigenvalue weighted by Gasteiger charge is -2.37. The number of likely N-dealkylation sites (N-methyl/N-ethyl adjacent to an activating group) is 1. The van der Waals surface area contributed by atoms with Gasteiger partial charge in [-0.1, -0.05) is 12.1 Å². The summed E-state index contributed by atoms with van der Waals surface area (Å²) in [6.07, 6.45) is 0. The second kappa shape index (κ2) is 5.55.